The molecule has 1 amide bonds. The Morgan fingerprint density at radius 3 is 2.87 bits per heavy atom. The summed E-state index contributed by atoms with van der Waals surface area (Å²) in [6.45, 7) is 0. The Morgan fingerprint density at radius 1 is 1.35 bits per heavy atom. The molecule has 23 heavy (non-hydrogen) atoms. The number of thiazole rings is 1. The molecule has 1 N–H and O–H groups in total. The fraction of sp³-hybridized carbons (Fsp3) is 0.250. The van der Waals surface area contributed by atoms with Gasteiger partial charge in [-0.25, -0.2) is 4.98 Å². The summed E-state index contributed by atoms with van der Waals surface area (Å²) in [5.41, 5.74) is 0.918. The van der Waals surface area contributed by atoms with Crippen LogP contribution in [0.5, 0.6) is 0 Å². The highest BCUT2D eigenvalue weighted by molar-refractivity contribution is 7.98. The van der Waals surface area contributed by atoms with Crippen molar-refractivity contribution >= 4 is 45.5 Å². The van der Waals surface area contributed by atoms with Crippen LogP contribution in [0.25, 0.3) is 10.6 Å². The van der Waals surface area contributed by atoms with Crippen molar-refractivity contribution in [2.45, 2.75) is 12.5 Å². The Bertz CT molecular complexity index is 735. The topological polar surface area (TPSA) is 46.9 Å². The van der Waals surface area contributed by atoms with Crippen molar-refractivity contribution in [2.75, 3.05) is 17.3 Å². The number of carbonyl (C=O) groups is 1. The minimum Gasteiger partial charge on any atom is -0.342 e. The molecule has 0 spiro atoms. The Labute approximate surface area is 147 Å². The van der Waals surface area contributed by atoms with Gasteiger partial charge >= 0.3 is 0 Å². The summed E-state index contributed by atoms with van der Waals surface area (Å²) in [4.78, 5) is 18.3. The molecular formula is C16H17N3OS3. The van der Waals surface area contributed by atoms with Crippen LogP contribution in [0.1, 0.15) is 12.5 Å². The van der Waals surface area contributed by atoms with Gasteiger partial charge in [-0.05, 0) is 42.0 Å². The monoisotopic (exact) mass is 363 g/mol. The van der Waals surface area contributed by atoms with Gasteiger partial charge in [-0.2, -0.15) is 11.8 Å². The van der Waals surface area contributed by atoms with Gasteiger partial charge in [0.15, 0.2) is 5.13 Å². The number of thioether (sulfide) groups is 1. The van der Waals surface area contributed by atoms with E-state index in [-0.39, 0.29) is 11.9 Å². The van der Waals surface area contributed by atoms with Gasteiger partial charge in [0.25, 0.3) is 0 Å². The van der Waals surface area contributed by atoms with Crippen LogP contribution in [0.15, 0.2) is 47.4 Å². The zero-order valence-corrected chi connectivity index (χ0v) is 15.1. The van der Waals surface area contributed by atoms with E-state index in [9.17, 15) is 4.79 Å². The Morgan fingerprint density at radius 2 is 2.17 bits per heavy atom. The SMILES string of the molecule is CSCC[C@H](C(=O)Nc1nc(-c2cccs2)cs1)n1cccc1. The molecule has 0 radical (unpaired) electrons. The van der Waals surface area contributed by atoms with Gasteiger partial charge < -0.3 is 9.88 Å². The summed E-state index contributed by atoms with van der Waals surface area (Å²) in [5, 5.41) is 7.62. The lowest BCUT2D eigenvalue weighted by Crippen LogP contribution is -2.25. The smallest absolute Gasteiger partial charge is 0.249 e. The predicted octanol–water partition coefficient (Wildman–Crippen LogP) is 4.61. The standard InChI is InChI=1S/C16H17N3OS3/c1-21-10-6-13(19-7-2-3-8-19)15(20)18-16-17-12(11-23-16)14-5-4-9-22-14/h2-5,7-9,11,13H,6,10H2,1H3,(H,17,18,20)/t13-/m1/s1. The minimum absolute atomic E-state index is 0.0117. The van der Waals surface area contributed by atoms with Crippen LogP contribution in [0.4, 0.5) is 5.13 Å². The van der Waals surface area contributed by atoms with Crippen LogP contribution in [0.2, 0.25) is 0 Å². The van der Waals surface area contributed by atoms with E-state index in [0.717, 1.165) is 22.7 Å². The minimum atomic E-state index is -0.202. The lowest BCUT2D eigenvalue weighted by Gasteiger charge is -2.17. The number of anilines is 1. The van der Waals surface area contributed by atoms with Crippen molar-refractivity contribution in [3.63, 3.8) is 0 Å². The molecule has 120 valence electrons. The first-order valence-corrected chi connectivity index (χ1v) is 10.3. The predicted molar refractivity (Wildman–Crippen MR) is 101 cm³/mol. The van der Waals surface area contributed by atoms with Crippen LogP contribution >= 0.6 is 34.4 Å². The molecule has 7 heteroatoms. The lowest BCUT2D eigenvalue weighted by molar-refractivity contribution is -0.119. The first-order valence-electron chi connectivity index (χ1n) is 7.19. The molecule has 0 bridgehead atoms. The van der Waals surface area contributed by atoms with Crippen molar-refractivity contribution < 1.29 is 4.79 Å². The van der Waals surface area contributed by atoms with E-state index in [4.69, 9.17) is 0 Å². The maximum atomic E-state index is 12.6. The third kappa shape index (κ3) is 4.04. The first kappa shape index (κ1) is 16.3. The molecular weight excluding hydrogens is 346 g/mol. The number of hydrogen-bond donors (Lipinski definition) is 1. The van der Waals surface area contributed by atoms with Crippen molar-refractivity contribution in [3.8, 4) is 10.6 Å². The maximum absolute atomic E-state index is 12.6. The molecule has 0 aliphatic carbocycles. The number of amides is 1. The van der Waals surface area contributed by atoms with Crippen LogP contribution in [0.3, 0.4) is 0 Å². The first-order chi connectivity index (χ1) is 11.3. The molecule has 0 unspecified atom stereocenters. The molecule has 3 rings (SSSR count). The molecule has 0 fully saturated rings. The number of hydrogen-bond acceptors (Lipinski definition) is 5. The van der Waals surface area contributed by atoms with E-state index in [1.54, 1.807) is 23.1 Å². The Balaban J connectivity index is 1.71. The summed E-state index contributed by atoms with van der Waals surface area (Å²) in [6, 6.07) is 7.72. The molecule has 0 saturated carbocycles. The van der Waals surface area contributed by atoms with E-state index in [0.29, 0.717) is 5.13 Å². The molecule has 0 saturated heterocycles. The van der Waals surface area contributed by atoms with Gasteiger partial charge in [-0.1, -0.05) is 6.07 Å². The Kier molecular flexibility index (Phi) is 5.53. The van der Waals surface area contributed by atoms with E-state index < -0.39 is 0 Å². The highest BCUT2D eigenvalue weighted by atomic mass is 32.2. The van der Waals surface area contributed by atoms with Gasteiger partial charge in [0.05, 0.1) is 10.6 Å². The van der Waals surface area contributed by atoms with Gasteiger partial charge in [-0.15, -0.1) is 22.7 Å². The highest BCUT2D eigenvalue weighted by Gasteiger charge is 2.20. The van der Waals surface area contributed by atoms with E-state index in [2.05, 4.69) is 16.6 Å². The second-order valence-electron chi connectivity index (χ2n) is 4.93. The normalized spacial score (nSPS) is 12.2. The summed E-state index contributed by atoms with van der Waals surface area (Å²) in [6.07, 6.45) is 6.72. The average Bonchev–Trinajstić information content (AvgIpc) is 3.30. The number of carbonyl (C=O) groups excluding carboxylic acids is 1. The maximum Gasteiger partial charge on any atom is 0.249 e. The highest BCUT2D eigenvalue weighted by Crippen LogP contribution is 2.29. The molecule has 1 atom stereocenters. The number of nitrogens with one attached hydrogen (secondary N) is 1. The molecule has 4 nitrogen and oxygen atoms in total. The summed E-state index contributed by atoms with van der Waals surface area (Å²) in [5.74, 6) is 0.927. The van der Waals surface area contributed by atoms with E-state index in [1.807, 2.05) is 52.0 Å². The van der Waals surface area contributed by atoms with Crippen LogP contribution in [-0.4, -0.2) is 27.5 Å². The van der Waals surface area contributed by atoms with Gasteiger partial charge in [0.2, 0.25) is 5.91 Å². The zero-order chi connectivity index (χ0) is 16.1. The third-order valence-electron chi connectivity index (χ3n) is 3.39. The molecule has 3 aromatic rings. The van der Waals surface area contributed by atoms with E-state index in [1.165, 1.54) is 11.3 Å². The summed E-state index contributed by atoms with van der Waals surface area (Å²) >= 11 is 4.86. The lowest BCUT2D eigenvalue weighted by atomic mass is 10.2. The quantitative estimate of drug-likeness (QED) is 0.667. The average molecular weight is 364 g/mol. The fourth-order valence-corrected chi connectivity index (χ4v) is 4.19. The molecule has 0 aliphatic rings. The van der Waals surface area contributed by atoms with Crippen molar-refractivity contribution in [1.82, 2.24) is 9.55 Å². The zero-order valence-electron chi connectivity index (χ0n) is 12.6. The van der Waals surface area contributed by atoms with Crippen LogP contribution < -0.4 is 5.32 Å². The van der Waals surface area contributed by atoms with Crippen molar-refractivity contribution in [1.29, 1.82) is 0 Å². The molecule has 3 aromatic heterocycles. The largest absolute Gasteiger partial charge is 0.342 e. The summed E-state index contributed by atoms with van der Waals surface area (Å²) in [7, 11) is 0. The number of rotatable bonds is 7. The third-order valence-corrected chi connectivity index (χ3v) is 5.69. The van der Waals surface area contributed by atoms with Gasteiger partial charge in [0, 0.05) is 17.8 Å². The summed E-state index contributed by atoms with van der Waals surface area (Å²) < 4.78 is 1.96. The van der Waals surface area contributed by atoms with Crippen molar-refractivity contribution in [2.24, 2.45) is 0 Å². The van der Waals surface area contributed by atoms with Gasteiger partial charge in [0.1, 0.15) is 6.04 Å². The van der Waals surface area contributed by atoms with Crippen LogP contribution in [0, 0.1) is 0 Å². The second kappa shape index (κ2) is 7.81. The number of nitrogens with zero attached hydrogens (tertiary/aromatic N) is 2. The number of thiophene rings is 1. The second-order valence-corrected chi connectivity index (χ2v) is 7.72. The fourth-order valence-electron chi connectivity index (χ4n) is 2.26. The van der Waals surface area contributed by atoms with Crippen LogP contribution in [-0.2, 0) is 4.79 Å². The van der Waals surface area contributed by atoms with E-state index >= 15 is 0 Å². The number of aromatic nitrogens is 2. The van der Waals surface area contributed by atoms with Gasteiger partial charge in [-0.3, -0.25) is 4.79 Å². The molecule has 0 aliphatic heterocycles. The Hall–Kier alpha value is -1.57. The van der Waals surface area contributed by atoms with Crippen molar-refractivity contribution in [3.05, 3.63) is 47.4 Å². The molecule has 3 heterocycles. The molecule has 0 aromatic carbocycles.